The molecule has 0 aliphatic heterocycles. The van der Waals surface area contributed by atoms with Gasteiger partial charge >= 0.3 is 0 Å². The van der Waals surface area contributed by atoms with Crippen molar-refractivity contribution >= 4 is 0 Å². The Morgan fingerprint density at radius 2 is 2.30 bits per heavy atom. The van der Waals surface area contributed by atoms with Crippen molar-refractivity contribution in [2.24, 2.45) is 11.5 Å². The lowest BCUT2D eigenvalue weighted by Crippen LogP contribution is -2.51. The molecule has 0 amide bonds. The van der Waals surface area contributed by atoms with Crippen molar-refractivity contribution in [1.82, 2.24) is 0 Å². The van der Waals surface area contributed by atoms with Crippen molar-refractivity contribution in [2.45, 2.75) is 18.5 Å². The second-order valence-corrected chi connectivity index (χ2v) is 2.78. The summed E-state index contributed by atoms with van der Waals surface area (Å²) in [6.45, 7) is 1.70. The topological polar surface area (TPSA) is 52.0 Å². The summed E-state index contributed by atoms with van der Waals surface area (Å²) in [5, 5.41) is 0. The molecular weight excluding hydrogens is 131 g/mol. The van der Waals surface area contributed by atoms with Crippen molar-refractivity contribution in [3.05, 3.63) is 24.1 Å². The van der Waals surface area contributed by atoms with Gasteiger partial charge in [0.2, 0.25) is 0 Å². The zero-order valence-corrected chi connectivity index (χ0v) is 5.84. The molecule has 0 aromatic rings. The minimum Gasteiger partial charge on any atom is -0.323 e. The summed E-state index contributed by atoms with van der Waals surface area (Å²) >= 11 is 0. The van der Waals surface area contributed by atoms with E-state index in [2.05, 4.69) is 0 Å². The van der Waals surface area contributed by atoms with E-state index in [1.807, 2.05) is 0 Å². The molecule has 3 heteroatoms. The van der Waals surface area contributed by atoms with Crippen LogP contribution in [-0.2, 0) is 0 Å². The largest absolute Gasteiger partial charge is 0.323 e. The first-order valence-electron chi connectivity index (χ1n) is 3.13. The van der Waals surface area contributed by atoms with Crippen LogP contribution in [-0.4, -0.2) is 11.6 Å². The highest BCUT2D eigenvalue weighted by atomic mass is 19.1. The lowest BCUT2D eigenvalue weighted by atomic mass is 9.90. The van der Waals surface area contributed by atoms with Gasteiger partial charge in [-0.05, 0) is 19.1 Å². The molecule has 0 aromatic heterocycles. The quantitative estimate of drug-likeness (QED) is 0.516. The van der Waals surface area contributed by atoms with Crippen LogP contribution in [0, 0.1) is 0 Å². The van der Waals surface area contributed by atoms with Gasteiger partial charge < -0.3 is 11.5 Å². The second kappa shape index (κ2) is 2.18. The summed E-state index contributed by atoms with van der Waals surface area (Å²) in [6.07, 6.45) is 4.23. The van der Waals surface area contributed by atoms with Gasteiger partial charge in [0, 0.05) is 6.04 Å². The van der Waals surface area contributed by atoms with Gasteiger partial charge in [-0.3, -0.25) is 0 Å². The summed E-state index contributed by atoms with van der Waals surface area (Å²) < 4.78 is 12.5. The molecule has 1 aliphatic rings. The molecule has 0 fully saturated rings. The number of hydrogen-bond acceptors (Lipinski definition) is 2. The zero-order chi connectivity index (χ0) is 7.78. The molecule has 0 radical (unpaired) electrons. The standard InChI is InChI=1S/C7H11FN2/c1-7(10)4-5(8)2-3-6(7)9/h2-4,6H,9-10H2,1H3. The van der Waals surface area contributed by atoms with Gasteiger partial charge in [0.15, 0.2) is 0 Å². The van der Waals surface area contributed by atoms with E-state index < -0.39 is 5.54 Å². The Hall–Kier alpha value is -0.670. The van der Waals surface area contributed by atoms with Gasteiger partial charge in [0.05, 0.1) is 5.54 Å². The maximum atomic E-state index is 12.5. The van der Waals surface area contributed by atoms with Crippen LogP contribution in [0.1, 0.15) is 6.92 Å². The lowest BCUT2D eigenvalue weighted by molar-refractivity contribution is 0.490. The molecule has 1 rings (SSSR count). The monoisotopic (exact) mass is 142 g/mol. The first-order chi connectivity index (χ1) is 4.52. The molecule has 0 aromatic carbocycles. The molecule has 0 spiro atoms. The summed E-state index contributed by atoms with van der Waals surface area (Å²) in [5.41, 5.74) is 10.4. The first-order valence-corrected chi connectivity index (χ1v) is 3.13. The van der Waals surface area contributed by atoms with Crippen LogP contribution in [0.3, 0.4) is 0 Å². The van der Waals surface area contributed by atoms with E-state index in [0.29, 0.717) is 0 Å². The average Bonchev–Trinajstić information content (AvgIpc) is 1.78. The highest BCUT2D eigenvalue weighted by molar-refractivity contribution is 5.28. The highest BCUT2D eigenvalue weighted by Crippen LogP contribution is 2.17. The Morgan fingerprint density at radius 1 is 1.70 bits per heavy atom. The average molecular weight is 142 g/mol. The fourth-order valence-corrected chi connectivity index (χ4v) is 0.844. The maximum Gasteiger partial charge on any atom is 0.120 e. The number of nitrogens with two attached hydrogens (primary N) is 2. The fraction of sp³-hybridized carbons (Fsp3) is 0.429. The third-order valence-electron chi connectivity index (χ3n) is 1.63. The lowest BCUT2D eigenvalue weighted by Gasteiger charge is -2.27. The Balaban J connectivity index is 2.88. The van der Waals surface area contributed by atoms with E-state index in [1.54, 1.807) is 13.0 Å². The number of halogens is 1. The van der Waals surface area contributed by atoms with Gasteiger partial charge in [0.1, 0.15) is 5.83 Å². The Kier molecular flexibility index (Phi) is 1.62. The first kappa shape index (κ1) is 7.44. The van der Waals surface area contributed by atoms with Crippen molar-refractivity contribution in [3.8, 4) is 0 Å². The molecule has 0 saturated heterocycles. The smallest absolute Gasteiger partial charge is 0.120 e. The number of rotatable bonds is 0. The maximum absolute atomic E-state index is 12.5. The van der Waals surface area contributed by atoms with Crippen LogP contribution in [0.25, 0.3) is 0 Å². The number of allylic oxidation sites excluding steroid dienone is 2. The van der Waals surface area contributed by atoms with Crippen molar-refractivity contribution in [1.29, 1.82) is 0 Å². The van der Waals surface area contributed by atoms with Crippen LogP contribution < -0.4 is 11.5 Å². The molecule has 1 aliphatic carbocycles. The summed E-state index contributed by atoms with van der Waals surface area (Å²) in [7, 11) is 0. The van der Waals surface area contributed by atoms with Gasteiger partial charge in [-0.15, -0.1) is 0 Å². The van der Waals surface area contributed by atoms with E-state index in [-0.39, 0.29) is 11.9 Å². The molecule has 2 atom stereocenters. The normalized spacial score (nSPS) is 39.6. The van der Waals surface area contributed by atoms with Crippen molar-refractivity contribution < 1.29 is 4.39 Å². The molecule has 10 heavy (non-hydrogen) atoms. The van der Waals surface area contributed by atoms with E-state index in [0.717, 1.165) is 0 Å². The predicted octanol–water partition coefficient (Wildman–Crippen LogP) is 0.454. The minimum atomic E-state index is -0.737. The SMILES string of the molecule is CC1(N)C=C(F)C=CC1N. The molecule has 4 N–H and O–H groups in total. The van der Waals surface area contributed by atoms with Crippen LogP contribution >= 0.6 is 0 Å². The van der Waals surface area contributed by atoms with E-state index in [9.17, 15) is 4.39 Å². The Bertz CT molecular complexity index is 194. The van der Waals surface area contributed by atoms with Crippen molar-refractivity contribution in [3.63, 3.8) is 0 Å². The minimum absolute atomic E-state index is 0.285. The molecular formula is C7H11FN2. The summed E-state index contributed by atoms with van der Waals surface area (Å²) in [6, 6.07) is -0.285. The van der Waals surface area contributed by atoms with E-state index in [1.165, 1.54) is 12.2 Å². The van der Waals surface area contributed by atoms with Gasteiger partial charge in [-0.25, -0.2) is 4.39 Å². The predicted molar refractivity (Wildman–Crippen MR) is 38.9 cm³/mol. The van der Waals surface area contributed by atoms with Gasteiger partial charge in [-0.1, -0.05) is 6.08 Å². The fourth-order valence-electron chi connectivity index (χ4n) is 0.844. The van der Waals surface area contributed by atoms with Crippen LogP contribution in [0.5, 0.6) is 0 Å². The molecule has 0 heterocycles. The molecule has 0 saturated carbocycles. The zero-order valence-electron chi connectivity index (χ0n) is 5.84. The third kappa shape index (κ3) is 1.25. The third-order valence-corrected chi connectivity index (χ3v) is 1.63. The van der Waals surface area contributed by atoms with Crippen LogP contribution in [0.4, 0.5) is 4.39 Å². The second-order valence-electron chi connectivity index (χ2n) is 2.78. The molecule has 56 valence electrons. The van der Waals surface area contributed by atoms with E-state index >= 15 is 0 Å². The van der Waals surface area contributed by atoms with Gasteiger partial charge in [0.25, 0.3) is 0 Å². The molecule has 0 bridgehead atoms. The molecule has 2 nitrogen and oxygen atoms in total. The van der Waals surface area contributed by atoms with E-state index in [4.69, 9.17) is 11.5 Å². The van der Waals surface area contributed by atoms with Crippen molar-refractivity contribution in [2.75, 3.05) is 0 Å². The number of hydrogen-bond donors (Lipinski definition) is 2. The molecule has 2 unspecified atom stereocenters. The van der Waals surface area contributed by atoms with Crippen LogP contribution in [0.15, 0.2) is 24.1 Å². The summed E-state index contributed by atoms with van der Waals surface area (Å²) in [4.78, 5) is 0. The Labute approximate surface area is 59.4 Å². The van der Waals surface area contributed by atoms with Gasteiger partial charge in [-0.2, -0.15) is 0 Å². The summed E-state index contributed by atoms with van der Waals surface area (Å²) in [5.74, 6) is -0.313. The van der Waals surface area contributed by atoms with Crippen LogP contribution in [0.2, 0.25) is 0 Å². The highest BCUT2D eigenvalue weighted by Gasteiger charge is 2.25. The Morgan fingerprint density at radius 3 is 2.70 bits per heavy atom.